The molecule has 2 heterocycles. The van der Waals surface area contributed by atoms with Crippen molar-refractivity contribution in [1.82, 2.24) is 20.4 Å². The maximum Gasteiger partial charge on any atom is 0.254 e. The summed E-state index contributed by atoms with van der Waals surface area (Å²) < 4.78 is 11.3. The topological polar surface area (TPSA) is 73.9 Å². The van der Waals surface area contributed by atoms with Gasteiger partial charge in [-0.25, -0.2) is 0 Å². The second kappa shape index (κ2) is 6.25. The Morgan fingerprint density at radius 2 is 1.79 bits per heavy atom. The second-order valence-electron chi connectivity index (χ2n) is 5.03. The van der Waals surface area contributed by atoms with E-state index in [9.17, 15) is 0 Å². The van der Waals surface area contributed by atoms with E-state index in [1.165, 1.54) is 0 Å². The minimum absolute atomic E-state index is 0.114. The third-order valence-electron chi connectivity index (χ3n) is 3.43. The first-order valence-electron chi connectivity index (χ1n) is 7.21. The predicted molar refractivity (Wildman–Crippen MR) is 88.6 cm³/mol. The molecule has 0 aliphatic rings. The molecule has 2 aromatic heterocycles. The molecule has 0 fully saturated rings. The van der Waals surface area contributed by atoms with E-state index in [1.807, 2.05) is 36.4 Å². The fourth-order valence-corrected chi connectivity index (χ4v) is 2.39. The number of rotatable bonds is 4. The van der Waals surface area contributed by atoms with Gasteiger partial charge in [0.05, 0.1) is 6.20 Å². The molecule has 0 aliphatic carbocycles. The van der Waals surface area contributed by atoms with E-state index in [0.717, 1.165) is 16.3 Å². The van der Waals surface area contributed by atoms with Crippen LogP contribution in [0.3, 0.4) is 0 Å². The van der Waals surface area contributed by atoms with Crippen molar-refractivity contribution in [3.63, 3.8) is 0 Å². The number of aromatic nitrogens is 4. The van der Waals surface area contributed by atoms with Crippen LogP contribution in [0.1, 0.15) is 5.89 Å². The average Bonchev–Trinajstić information content (AvgIpc) is 3.09. The lowest BCUT2D eigenvalue weighted by atomic mass is 10.2. The Balaban J connectivity index is 1.53. The predicted octanol–water partition coefficient (Wildman–Crippen LogP) is 3.91. The van der Waals surface area contributed by atoms with Gasteiger partial charge >= 0.3 is 0 Å². The van der Waals surface area contributed by atoms with Gasteiger partial charge in [-0.05, 0) is 30.3 Å². The zero-order valence-corrected chi connectivity index (χ0v) is 13.1. The Bertz CT molecular complexity index is 980. The highest BCUT2D eigenvalue weighted by atomic mass is 35.5. The minimum Gasteiger partial charge on any atom is -0.466 e. The van der Waals surface area contributed by atoms with Gasteiger partial charge in [-0.2, -0.15) is 5.10 Å². The van der Waals surface area contributed by atoms with E-state index in [1.54, 1.807) is 18.3 Å². The molecule has 7 heteroatoms. The number of halogens is 1. The normalized spacial score (nSPS) is 10.9. The van der Waals surface area contributed by atoms with Gasteiger partial charge < -0.3 is 9.15 Å². The van der Waals surface area contributed by atoms with Crippen LogP contribution in [0.4, 0.5) is 0 Å². The summed E-state index contributed by atoms with van der Waals surface area (Å²) in [5.41, 5.74) is 0.795. The molecule has 24 heavy (non-hydrogen) atoms. The van der Waals surface area contributed by atoms with Crippen LogP contribution in [-0.2, 0) is 6.61 Å². The first-order chi connectivity index (χ1) is 11.8. The monoisotopic (exact) mass is 338 g/mol. The molecule has 0 unspecified atom stereocenters. The molecule has 118 valence electrons. The number of fused-ring (bicyclic) bond motifs is 1. The van der Waals surface area contributed by atoms with Gasteiger partial charge in [0.15, 0.2) is 6.61 Å². The molecule has 0 saturated carbocycles. The van der Waals surface area contributed by atoms with E-state index in [-0.39, 0.29) is 6.61 Å². The summed E-state index contributed by atoms with van der Waals surface area (Å²) in [4.78, 5) is 0. The Kier molecular flexibility index (Phi) is 3.80. The lowest BCUT2D eigenvalue weighted by molar-refractivity contribution is 0.256. The fraction of sp³-hybridized carbons (Fsp3) is 0.0588. The molecule has 0 atom stereocenters. The van der Waals surface area contributed by atoms with Crippen molar-refractivity contribution in [2.75, 3.05) is 0 Å². The van der Waals surface area contributed by atoms with Crippen LogP contribution in [0, 0.1) is 0 Å². The quantitative estimate of drug-likeness (QED) is 0.561. The van der Waals surface area contributed by atoms with E-state index in [4.69, 9.17) is 20.8 Å². The van der Waals surface area contributed by atoms with E-state index in [0.29, 0.717) is 22.7 Å². The van der Waals surface area contributed by atoms with Gasteiger partial charge in [0.1, 0.15) is 0 Å². The third kappa shape index (κ3) is 2.91. The van der Waals surface area contributed by atoms with Crippen molar-refractivity contribution in [3.8, 4) is 17.3 Å². The van der Waals surface area contributed by atoms with Gasteiger partial charge in [-0.15, -0.1) is 15.3 Å². The van der Waals surface area contributed by atoms with Gasteiger partial charge in [0, 0.05) is 21.4 Å². The molecule has 0 bridgehead atoms. The number of benzene rings is 2. The molecule has 4 aromatic rings. The molecule has 0 aliphatic heterocycles. The van der Waals surface area contributed by atoms with Crippen molar-refractivity contribution < 1.29 is 9.15 Å². The summed E-state index contributed by atoms with van der Waals surface area (Å²) in [7, 11) is 0. The fourth-order valence-electron chi connectivity index (χ4n) is 2.26. The summed E-state index contributed by atoms with van der Waals surface area (Å²) in [5, 5.41) is 18.4. The third-order valence-corrected chi connectivity index (χ3v) is 3.68. The molecule has 0 spiro atoms. The van der Waals surface area contributed by atoms with Crippen molar-refractivity contribution in [2.24, 2.45) is 0 Å². The SMILES string of the molecule is Clc1ccc(-c2nnc(COc3nncc4ccccc34)o2)cc1. The van der Waals surface area contributed by atoms with Gasteiger partial charge in [-0.1, -0.05) is 29.8 Å². The van der Waals surface area contributed by atoms with Crippen LogP contribution in [0.25, 0.3) is 22.2 Å². The molecule has 0 radical (unpaired) electrons. The molecular formula is C17H11ClN4O2. The van der Waals surface area contributed by atoms with Gasteiger partial charge in [-0.3, -0.25) is 0 Å². The maximum absolute atomic E-state index is 5.87. The summed E-state index contributed by atoms with van der Waals surface area (Å²) in [6.45, 7) is 0.114. The zero-order chi connectivity index (χ0) is 16.4. The van der Waals surface area contributed by atoms with Crippen molar-refractivity contribution in [2.45, 2.75) is 6.61 Å². The lowest BCUT2D eigenvalue weighted by Gasteiger charge is -2.04. The molecule has 6 nitrogen and oxygen atoms in total. The number of nitrogens with zero attached hydrogens (tertiary/aromatic N) is 4. The zero-order valence-electron chi connectivity index (χ0n) is 12.4. The summed E-state index contributed by atoms with van der Waals surface area (Å²) in [6.07, 6.45) is 1.69. The van der Waals surface area contributed by atoms with Crippen LogP contribution < -0.4 is 4.74 Å². The standard InChI is InChI=1S/C17H11ClN4O2/c18-13-7-5-11(6-8-13)16-22-20-15(24-16)10-23-17-14-4-2-1-3-12(14)9-19-21-17/h1-9H,10H2. The summed E-state index contributed by atoms with van der Waals surface area (Å²) >= 11 is 5.87. The largest absolute Gasteiger partial charge is 0.466 e. The highest BCUT2D eigenvalue weighted by molar-refractivity contribution is 6.30. The van der Waals surface area contributed by atoms with Crippen LogP contribution in [0.5, 0.6) is 5.88 Å². The van der Waals surface area contributed by atoms with Crippen LogP contribution in [0.15, 0.2) is 59.1 Å². The van der Waals surface area contributed by atoms with Crippen LogP contribution in [-0.4, -0.2) is 20.4 Å². The van der Waals surface area contributed by atoms with E-state index >= 15 is 0 Å². The Morgan fingerprint density at radius 1 is 0.958 bits per heavy atom. The lowest BCUT2D eigenvalue weighted by Crippen LogP contribution is -1.99. The summed E-state index contributed by atoms with van der Waals surface area (Å²) in [6, 6.07) is 14.9. The van der Waals surface area contributed by atoms with Crippen LogP contribution >= 0.6 is 11.6 Å². The van der Waals surface area contributed by atoms with Gasteiger partial charge in [0.2, 0.25) is 11.8 Å². The number of hydrogen-bond acceptors (Lipinski definition) is 6. The summed E-state index contributed by atoms with van der Waals surface area (Å²) in [5.74, 6) is 1.20. The highest BCUT2D eigenvalue weighted by Crippen LogP contribution is 2.23. The van der Waals surface area contributed by atoms with Crippen LogP contribution in [0.2, 0.25) is 5.02 Å². The maximum atomic E-state index is 5.87. The minimum atomic E-state index is 0.114. The van der Waals surface area contributed by atoms with Gasteiger partial charge in [0.25, 0.3) is 5.89 Å². The number of hydrogen-bond donors (Lipinski definition) is 0. The molecule has 4 rings (SSSR count). The molecule has 2 aromatic carbocycles. The Morgan fingerprint density at radius 3 is 2.67 bits per heavy atom. The van der Waals surface area contributed by atoms with Crippen molar-refractivity contribution in [3.05, 3.63) is 65.6 Å². The molecule has 0 amide bonds. The van der Waals surface area contributed by atoms with E-state index < -0.39 is 0 Å². The molecule has 0 saturated heterocycles. The first-order valence-corrected chi connectivity index (χ1v) is 7.59. The highest BCUT2D eigenvalue weighted by Gasteiger charge is 2.11. The second-order valence-corrected chi connectivity index (χ2v) is 5.47. The first kappa shape index (κ1) is 14.6. The Hall–Kier alpha value is -2.99. The molecule has 0 N–H and O–H groups in total. The van der Waals surface area contributed by atoms with E-state index in [2.05, 4.69) is 20.4 Å². The number of ether oxygens (including phenoxy) is 1. The smallest absolute Gasteiger partial charge is 0.254 e. The van der Waals surface area contributed by atoms with Crippen molar-refractivity contribution in [1.29, 1.82) is 0 Å². The van der Waals surface area contributed by atoms with Crippen molar-refractivity contribution >= 4 is 22.4 Å². The average molecular weight is 339 g/mol. The Labute approximate surface area is 142 Å². The molecular weight excluding hydrogens is 328 g/mol.